The minimum atomic E-state index is -0.579. The van der Waals surface area contributed by atoms with Crippen LogP contribution in [0.2, 0.25) is 0 Å². The number of benzene rings is 1. The molecule has 1 saturated heterocycles. The summed E-state index contributed by atoms with van der Waals surface area (Å²) in [5, 5.41) is 2.97. The molecule has 2 rings (SSSR count). The lowest BCUT2D eigenvalue weighted by Crippen LogP contribution is -2.52. The van der Waals surface area contributed by atoms with Gasteiger partial charge in [-0.2, -0.15) is 0 Å². The van der Waals surface area contributed by atoms with Crippen LogP contribution in [0.15, 0.2) is 30.3 Å². The molecular weight excluding hydrogens is 368 g/mol. The second-order valence-electron chi connectivity index (χ2n) is 7.91. The third kappa shape index (κ3) is 6.94. The number of halogens is 1. The van der Waals surface area contributed by atoms with E-state index in [0.29, 0.717) is 31.8 Å². The van der Waals surface area contributed by atoms with Crippen molar-refractivity contribution in [1.29, 1.82) is 0 Å². The first kappa shape index (κ1) is 21.4. The molecule has 1 N–H and O–H groups in total. The van der Waals surface area contributed by atoms with Crippen LogP contribution in [0.5, 0.6) is 0 Å². The Balaban J connectivity index is 1.95. The van der Waals surface area contributed by atoms with Gasteiger partial charge in [0.15, 0.2) is 0 Å². The molecule has 0 aliphatic carbocycles. The molecule has 0 aromatic heterocycles. The molecule has 1 aliphatic heterocycles. The molecule has 7 heteroatoms. The monoisotopic (exact) mass is 396 g/mol. The molecule has 1 atom stereocenters. The molecule has 1 aromatic carbocycles. The quantitative estimate of drug-likeness (QED) is 0.727. The second-order valence-corrected chi connectivity index (χ2v) is 8.29. The average molecular weight is 397 g/mol. The maximum atomic E-state index is 12.4. The predicted molar refractivity (Wildman–Crippen MR) is 105 cm³/mol. The summed E-state index contributed by atoms with van der Waals surface area (Å²) in [5.41, 5.74) is -0.182. The van der Waals surface area contributed by atoms with Gasteiger partial charge in [-0.05, 0) is 45.6 Å². The fourth-order valence-electron chi connectivity index (χ4n) is 3.13. The van der Waals surface area contributed by atoms with Gasteiger partial charge in [0.05, 0.1) is 5.54 Å². The van der Waals surface area contributed by atoms with Gasteiger partial charge in [-0.1, -0.05) is 30.3 Å². The minimum Gasteiger partial charge on any atom is -0.445 e. The Hall–Kier alpha value is -1.95. The zero-order valence-electron chi connectivity index (χ0n) is 16.3. The molecule has 2 amide bonds. The Morgan fingerprint density at radius 1 is 1.26 bits per heavy atom. The molecule has 0 bridgehead atoms. The topological polar surface area (TPSA) is 67.9 Å². The highest BCUT2D eigenvalue weighted by molar-refractivity contribution is 6.17. The summed E-state index contributed by atoms with van der Waals surface area (Å²) in [6, 6.07) is 9.54. The zero-order valence-corrected chi connectivity index (χ0v) is 17.1. The van der Waals surface area contributed by atoms with Crippen LogP contribution in [0.4, 0.5) is 9.59 Å². The largest absolute Gasteiger partial charge is 0.445 e. The highest BCUT2D eigenvalue weighted by Crippen LogP contribution is 2.28. The van der Waals surface area contributed by atoms with Crippen LogP contribution in [0.1, 0.15) is 45.6 Å². The van der Waals surface area contributed by atoms with E-state index >= 15 is 0 Å². The van der Waals surface area contributed by atoms with Crippen molar-refractivity contribution in [3.8, 4) is 0 Å². The van der Waals surface area contributed by atoms with Gasteiger partial charge < -0.3 is 19.7 Å². The Bertz CT molecular complexity index is 633. The molecule has 27 heavy (non-hydrogen) atoms. The number of carbonyl (C=O) groups is 2. The highest BCUT2D eigenvalue weighted by atomic mass is 35.5. The maximum absolute atomic E-state index is 12.4. The lowest BCUT2D eigenvalue weighted by atomic mass is 9.93. The zero-order chi connectivity index (χ0) is 19.9. The molecule has 1 aliphatic rings. The fraction of sp³-hybridized carbons (Fsp3) is 0.600. The van der Waals surface area contributed by atoms with E-state index in [0.717, 1.165) is 12.0 Å². The number of ether oxygens (including phenoxy) is 2. The van der Waals surface area contributed by atoms with Crippen molar-refractivity contribution >= 4 is 23.8 Å². The maximum Gasteiger partial charge on any atom is 0.410 e. The SMILES string of the molecule is CC(C)(C)OC(=O)N[C@]1(CCCCl)CCN(C(=O)OCc2ccccc2)C1. The molecule has 1 heterocycles. The van der Waals surface area contributed by atoms with Crippen LogP contribution in [-0.2, 0) is 16.1 Å². The number of alkyl carbamates (subject to hydrolysis) is 1. The number of alkyl halides is 1. The molecule has 0 saturated carbocycles. The highest BCUT2D eigenvalue weighted by Gasteiger charge is 2.42. The number of amides is 2. The van der Waals surface area contributed by atoms with E-state index in [1.165, 1.54) is 0 Å². The molecule has 1 fully saturated rings. The van der Waals surface area contributed by atoms with Crippen LogP contribution in [-0.4, -0.2) is 47.2 Å². The van der Waals surface area contributed by atoms with E-state index in [1.54, 1.807) is 4.90 Å². The van der Waals surface area contributed by atoms with Crippen LogP contribution in [0.25, 0.3) is 0 Å². The summed E-state index contributed by atoms with van der Waals surface area (Å²) < 4.78 is 10.8. The van der Waals surface area contributed by atoms with Crippen molar-refractivity contribution < 1.29 is 19.1 Å². The van der Waals surface area contributed by atoms with E-state index in [-0.39, 0.29) is 12.7 Å². The van der Waals surface area contributed by atoms with Crippen LogP contribution in [0.3, 0.4) is 0 Å². The van der Waals surface area contributed by atoms with E-state index < -0.39 is 17.2 Å². The predicted octanol–water partition coefficient (Wildman–Crippen LogP) is 4.31. The van der Waals surface area contributed by atoms with E-state index in [2.05, 4.69) is 5.32 Å². The van der Waals surface area contributed by atoms with Gasteiger partial charge in [-0.3, -0.25) is 0 Å². The molecule has 0 radical (unpaired) electrons. The van der Waals surface area contributed by atoms with Crippen molar-refractivity contribution in [3.63, 3.8) is 0 Å². The van der Waals surface area contributed by atoms with Crippen molar-refractivity contribution in [2.24, 2.45) is 0 Å². The Kier molecular flexibility index (Phi) is 7.36. The van der Waals surface area contributed by atoms with Crippen LogP contribution in [0, 0.1) is 0 Å². The van der Waals surface area contributed by atoms with Gasteiger partial charge in [0.1, 0.15) is 12.2 Å². The van der Waals surface area contributed by atoms with Gasteiger partial charge in [0.25, 0.3) is 0 Å². The third-order valence-electron chi connectivity index (χ3n) is 4.37. The van der Waals surface area contributed by atoms with E-state index in [4.69, 9.17) is 21.1 Å². The molecule has 1 aromatic rings. The van der Waals surface area contributed by atoms with E-state index in [9.17, 15) is 9.59 Å². The number of nitrogens with one attached hydrogen (secondary N) is 1. The normalized spacial score (nSPS) is 19.6. The molecule has 6 nitrogen and oxygen atoms in total. The lowest BCUT2D eigenvalue weighted by molar-refractivity contribution is 0.0445. The number of nitrogens with zero attached hydrogens (tertiary/aromatic N) is 1. The second kappa shape index (κ2) is 9.31. The van der Waals surface area contributed by atoms with Gasteiger partial charge in [0.2, 0.25) is 0 Å². The summed E-state index contributed by atoms with van der Waals surface area (Å²) in [6.07, 6.45) is 1.21. The van der Waals surface area contributed by atoms with Crippen molar-refractivity contribution in [2.45, 2.75) is 57.8 Å². The third-order valence-corrected chi connectivity index (χ3v) is 4.64. The van der Waals surface area contributed by atoms with Crippen LogP contribution >= 0.6 is 11.6 Å². The van der Waals surface area contributed by atoms with Gasteiger partial charge in [0, 0.05) is 19.0 Å². The van der Waals surface area contributed by atoms with Crippen molar-refractivity contribution in [2.75, 3.05) is 19.0 Å². The van der Waals surface area contributed by atoms with Crippen molar-refractivity contribution in [3.05, 3.63) is 35.9 Å². The summed E-state index contributed by atoms with van der Waals surface area (Å²) in [4.78, 5) is 26.3. The Morgan fingerprint density at radius 2 is 1.96 bits per heavy atom. The number of hydrogen-bond donors (Lipinski definition) is 1. The standard InChI is InChI=1S/C20H29ClN2O4/c1-19(2,3)27-17(24)22-20(10-7-12-21)11-13-23(15-20)18(25)26-14-16-8-5-4-6-9-16/h4-6,8-9H,7,10-15H2,1-3H3,(H,22,24)/t20-/m1/s1. The first-order valence-corrected chi connectivity index (χ1v) is 9.79. The Labute approximate surface area is 166 Å². The number of likely N-dealkylation sites (tertiary alicyclic amines) is 1. The van der Waals surface area contributed by atoms with Gasteiger partial charge >= 0.3 is 12.2 Å². The van der Waals surface area contributed by atoms with Crippen molar-refractivity contribution in [1.82, 2.24) is 10.2 Å². The van der Waals surface area contributed by atoms with E-state index in [1.807, 2.05) is 51.1 Å². The molecule has 0 unspecified atom stereocenters. The van der Waals surface area contributed by atoms with Crippen LogP contribution < -0.4 is 5.32 Å². The summed E-state index contributed by atoms with van der Waals surface area (Å²) in [6.45, 7) is 6.59. The number of rotatable bonds is 6. The summed E-state index contributed by atoms with van der Waals surface area (Å²) >= 11 is 5.85. The average Bonchev–Trinajstić information content (AvgIpc) is 3.01. The fourth-order valence-corrected chi connectivity index (χ4v) is 3.27. The summed E-state index contributed by atoms with van der Waals surface area (Å²) in [5.74, 6) is 0.496. The first-order chi connectivity index (χ1) is 12.7. The number of carbonyl (C=O) groups excluding carboxylic acids is 2. The minimum absolute atomic E-state index is 0.227. The Morgan fingerprint density at radius 3 is 2.59 bits per heavy atom. The number of hydrogen-bond acceptors (Lipinski definition) is 4. The van der Waals surface area contributed by atoms with Gasteiger partial charge in [-0.25, -0.2) is 9.59 Å². The first-order valence-electron chi connectivity index (χ1n) is 9.26. The van der Waals surface area contributed by atoms with Gasteiger partial charge in [-0.15, -0.1) is 11.6 Å². The molecule has 150 valence electrons. The molecular formula is C20H29ClN2O4. The smallest absolute Gasteiger partial charge is 0.410 e. The lowest BCUT2D eigenvalue weighted by Gasteiger charge is -2.31. The molecule has 0 spiro atoms. The summed E-state index contributed by atoms with van der Waals surface area (Å²) in [7, 11) is 0.